The zero-order chi connectivity index (χ0) is 12.0. The Morgan fingerprint density at radius 1 is 1.40 bits per heavy atom. The van der Waals surface area contributed by atoms with Crippen LogP contribution in [0.5, 0.6) is 0 Å². The van der Waals surface area contributed by atoms with Crippen molar-refractivity contribution in [3.05, 3.63) is 12.2 Å². The molecule has 0 aliphatic carbocycles. The van der Waals surface area contributed by atoms with Gasteiger partial charge in [-0.25, -0.2) is 9.59 Å². The van der Waals surface area contributed by atoms with Gasteiger partial charge in [-0.1, -0.05) is 6.58 Å². The fourth-order valence-electron chi connectivity index (χ4n) is 0.706. The molecule has 2 atom stereocenters. The smallest absolute Gasteiger partial charge is 0.339 e. The molecule has 6 heteroatoms. The molecule has 6 nitrogen and oxygen atoms in total. The number of hydrogen-bond donors (Lipinski definition) is 2. The topological polar surface area (TPSA) is 93.1 Å². The van der Waals surface area contributed by atoms with E-state index in [1.165, 1.54) is 6.92 Å². The molecule has 0 aromatic heterocycles. The predicted molar refractivity (Wildman–Crippen MR) is 49.6 cm³/mol. The Bertz CT molecular complexity index is 257. The molecule has 0 heterocycles. The average Bonchev–Trinajstić information content (AvgIpc) is 2.14. The van der Waals surface area contributed by atoms with Gasteiger partial charge in [-0.05, 0) is 13.8 Å². The van der Waals surface area contributed by atoms with Crippen molar-refractivity contribution in [2.75, 3.05) is 6.61 Å². The quantitative estimate of drug-likeness (QED) is 0.362. The van der Waals surface area contributed by atoms with Gasteiger partial charge < -0.3 is 19.7 Å². The monoisotopic (exact) mass is 218 g/mol. The van der Waals surface area contributed by atoms with Gasteiger partial charge in [0.2, 0.25) is 0 Å². The Morgan fingerprint density at radius 2 is 1.93 bits per heavy atom. The zero-order valence-electron chi connectivity index (χ0n) is 8.60. The number of esters is 2. The molecule has 86 valence electrons. The number of carbonyl (C=O) groups excluding carboxylic acids is 2. The van der Waals surface area contributed by atoms with E-state index in [-0.39, 0.29) is 6.61 Å². The van der Waals surface area contributed by atoms with E-state index in [0.717, 1.165) is 0 Å². The van der Waals surface area contributed by atoms with Gasteiger partial charge in [0.15, 0.2) is 12.4 Å². The lowest BCUT2D eigenvalue weighted by Crippen LogP contribution is -2.30. The molecule has 0 aliphatic rings. The SMILES string of the molecule is C=C(C(=O)OC(C)O)C(O)C(=O)OCC. The highest BCUT2D eigenvalue weighted by atomic mass is 16.6. The van der Waals surface area contributed by atoms with Gasteiger partial charge in [0.25, 0.3) is 0 Å². The molecule has 2 N–H and O–H groups in total. The molecule has 0 radical (unpaired) electrons. The van der Waals surface area contributed by atoms with Crippen LogP contribution in [-0.2, 0) is 19.1 Å². The third-order valence-corrected chi connectivity index (χ3v) is 1.38. The van der Waals surface area contributed by atoms with Crippen LogP contribution >= 0.6 is 0 Å². The summed E-state index contributed by atoms with van der Waals surface area (Å²) >= 11 is 0. The first-order valence-corrected chi connectivity index (χ1v) is 4.32. The van der Waals surface area contributed by atoms with Crippen molar-refractivity contribution in [3.8, 4) is 0 Å². The zero-order valence-corrected chi connectivity index (χ0v) is 8.60. The number of hydrogen-bond acceptors (Lipinski definition) is 6. The first-order valence-electron chi connectivity index (χ1n) is 4.32. The molecule has 0 saturated heterocycles. The van der Waals surface area contributed by atoms with Gasteiger partial charge in [-0.3, -0.25) is 0 Å². The molecule has 0 aromatic carbocycles. The van der Waals surface area contributed by atoms with E-state index in [4.69, 9.17) is 5.11 Å². The summed E-state index contributed by atoms with van der Waals surface area (Å²) in [6.45, 7) is 6.02. The molecule has 0 aliphatic heterocycles. The van der Waals surface area contributed by atoms with Gasteiger partial charge in [-0.15, -0.1) is 0 Å². The Morgan fingerprint density at radius 3 is 2.33 bits per heavy atom. The number of ether oxygens (including phenoxy) is 2. The standard InChI is InChI=1S/C9H14O6/c1-4-14-9(13)7(11)5(2)8(12)15-6(3)10/h6-7,10-11H,2,4H2,1,3H3. The molecule has 0 spiro atoms. The maximum atomic E-state index is 11.1. The first kappa shape index (κ1) is 13.6. The molecule has 0 rings (SSSR count). The largest absolute Gasteiger partial charge is 0.464 e. The number of aliphatic hydroxyl groups is 2. The maximum Gasteiger partial charge on any atom is 0.339 e. The Hall–Kier alpha value is -1.40. The fourth-order valence-corrected chi connectivity index (χ4v) is 0.706. The first-order chi connectivity index (χ1) is 6.90. The summed E-state index contributed by atoms with van der Waals surface area (Å²) in [7, 11) is 0. The molecular weight excluding hydrogens is 204 g/mol. The molecule has 0 bridgehead atoms. The van der Waals surface area contributed by atoms with E-state index in [1.54, 1.807) is 6.92 Å². The molecule has 0 aromatic rings. The summed E-state index contributed by atoms with van der Waals surface area (Å²) in [6.07, 6.45) is -3.10. The lowest BCUT2D eigenvalue weighted by Gasteiger charge is -2.12. The molecule has 0 saturated carbocycles. The average molecular weight is 218 g/mol. The Labute approximate surface area is 87.1 Å². The van der Waals surface area contributed by atoms with Crippen molar-refractivity contribution in [1.82, 2.24) is 0 Å². The molecular formula is C9H14O6. The Balaban J connectivity index is 4.31. The van der Waals surface area contributed by atoms with Crippen LogP contribution in [0.3, 0.4) is 0 Å². The normalized spacial score (nSPS) is 13.9. The minimum Gasteiger partial charge on any atom is -0.464 e. The summed E-state index contributed by atoms with van der Waals surface area (Å²) in [4.78, 5) is 22.0. The van der Waals surface area contributed by atoms with Crippen molar-refractivity contribution >= 4 is 11.9 Å². The molecule has 0 amide bonds. The van der Waals surface area contributed by atoms with Crippen molar-refractivity contribution in [2.45, 2.75) is 26.2 Å². The van der Waals surface area contributed by atoms with Crippen molar-refractivity contribution in [2.24, 2.45) is 0 Å². The second kappa shape index (κ2) is 6.15. The lowest BCUT2D eigenvalue weighted by atomic mass is 10.2. The summed E-state index contributed by atoms with van der Waals surface area (Å²) in [6, 6.07) is 0. The fraction of sp³-hybridized carbons (Fsp3) is 0.556. The minimum atomic E-state index is -1.77. The Kier molecular flexibility index (Phi) is 5.58. The second-order valence-corrected chi connectivity index (χ2v) is 2.68. The highest BCUT2D eigenvalue weighted by Crippen LogP contribution is 2.05. The van der Waals surface area contributed by atoms with Gasteiger partial charge in [0, 0.05) is 0 Å². The maximum absolute atomic E-state index is 11.1. The minimum absolute atomic E-state index is 0.0780. The molecule has 15 heavy (non-hydrogen) atoms. The summed E-state index contributed by atoms with van der Waals surface area (Å²) in [5.41, 5.74) is -0.477. The van der Waals surface area contributed by atoms with Gasteiger partial charge in [0.05, 0.1) is 12.2 Å². The highest BCUT2D eigenvalue weighted by Gasteiger charge is 2.26. The van der Waals surface area contributed by atoms with E-state index in [9.17, 15) is 14.7 Å². The van der Waals surface area contributed by atoms with Crippen LogP contribution in [0.15, 0.2) is 12.2 Å². The third kappa shape index (κ3) is 4.57. The van der Waals surface area contributed by atoms with Crippen LogP contribution in [0.1, 0.15) is 13.8 Å². The van der Waals surface area contributed by atoms with E-state index in [1.807, 2.05) is 0 Å². The van der Waals surface area contributed by atoms with Gasteiger partial charge in [0.1, 0.15) is 0 Å². The molecule has 2 unspecified atom stereocenters. The predicted octanol–water partition coefficient (Wildman–Crippen LogP) is -0.652. The number of rotatable bonds is 5. The van der Waals surface area contributed by atoms with E-state index < -0.39 is 29.9 Å². The second-order valence-electron chi connectivity index (χ2n) is 2.68. The number of aliphatic hydroxyl groups excluding tert-OH is 2. The van der Waals surface area contributed by atoms with Crippen molar-refractivity contribution < 1.29 is 29.3 Å². The van der Waals surface area contributed by atoms with E-state index >= 15 is 0 Å². The van der Waals surface area contributed by atoms with Crippen LogP contribution in [0, 0.1) is 0 Å². The van der Waals surface area contributed by atoms with Crippen LogP contribution < -0.4 is 0 Å². The molecule has 0 fully saturated rings. The van der Waals surface area contributed by atoms with Crippen molar-refractivity contribution in [3.63, 3.8) is 0 Å². The summed E-state index contributed by atoms with van der Waals surface area (Å²) in [5, 5.41) is 18.0. The van der Waals surface area contributed by atoms with E-state index in [2.05, 4.69) is 16.1 Å². The van der Waals surface area contributed by atoms with Crippen LogP contribution in [0.4, 0.5) is 0 Å². The van der Waals surface area contributed by atoms with Crippen LogP contribution in [0.25, 0.3) is 0 Å². The summed E-state index contributed by atoms with van der Waals surface area (Å²) in [5.74, 6) is -2.03. The van der Waals surface area contributed by atoms with Crippen LogP contribution in [0.2, 0.25) is 0 Å². The van der Waals surface area contributed by atoms with Gasteiger partial charge >= 0.3 is 11.9 Å². The van der Waals surface area contributed by atoms with Gasteiger partial charge in [-0.2, -0.15) is 0 Å². The lowest BCUT2D eigenvalue weighted by molar-refractivity contribution is -0.164. The van der Waals surface area contributed by atoms with Crippen LogP contribution in [-0.4, -0.2) is 41.2 Å². The van der Waals surface area contributed by atoms with Crippen molar-refractivity contribution in [1.29, 1.82) is 0 Å². The third-order valence-electron chi connectivity index (χ3n) is 1.38. The van der Waals surface area contributed by atoms with E-state index in [0.29, 0.717) is 0 Å². The highest BCUT2D eigenvalue weighted by molar-refractivity contribution is 5.96. The summed E-state index contributed by atoms with van der Waals surface area (Å²) < 4.78 is 8.77. The number of carbonyl (C=O) groups is 2.